The zero-order valence-corrected chi connectivity index (χ0v) is 9.27. The van der Waals surface area contributed by atoms with Crippen molar-refractivity contribution < 1.29 is 0 Å². The Morgan fingerprint density at radius 2 is 1.85 bits per heavy atom. The highest BCUT2D eigenvalue weighted by Gasteiger charge is 2.57. The summed E-state index contributed by atoms with van der Waals surface area (Å²) in [6.07, 6.45) is 7.72. The van der Waals surface area contributed by atoms with Gasteiger partial charge in [0, 0.05) is 0 Å². The summed E-state index contributed by atoms with van der Waals surface area (Å²) in [6, 6.07) is 0. The van der Waals surface area contributed by atoms with Gasteiger partial charge in [-0.3, -0.25) is 0 Å². The van der Waals surface area contributed by atoms with E-state index in [1.165, 1.54) is 6.42 Å². The molecule has 4 bridgehead atoms. The van der Waals surface area contributed by atoms with Gasteiger partial charge >= 0.3 is 0 Å². The van der Waals surface area contributed by atoms with E-state index in [2.05, 4.69) is 20.8 Å². The lowest BCUT2D eigenvalue weighted by molar-refractivity contribution is -0.133. The molecule has 4 rings (SSSR count). The zero-order chi connectivity index (χ0) is 9.27. The van der Waals surface area contributed by atoms with Crippen molar-refractivity contribution in [1.29, 1.82) is 0 Å². The molecule has 0 aromatic rings. The van der Waals surface area contributed by atoms with Gasteiger partial charge in [-0.25, -0.2) is 0 Å². The lowest BCUT2D eigenvalue weighted by Crippen LogP contribution is -2.54. The third kappa shape index (κ3) is 0.980. The van der Waals surface area contributed by atoms with Gasteiger partial charge in [0.05, 0.1) is 0 Å². The van der Waals surface area contributed by atoms with Crippen LogP contribution < -0.4 is 0 Å². The summed E-state index contributed by atoms with van der Waals surface area (Å²) < 4.78 is 0. The largest absolute Gasteiger partial charge is 0.0617 e. The molecular weight excluding hydrogens is 156 g/mol. The first-order valence-electron chi connectivity index (χ1n) is 6.01. The van der Waals surface area contributed by atoms with Gasteiger partial charge in [0.25, 0.3) is 0 Å². The van der Waals surface area contributed by atoms with Crippen LogP contribution in [0.1, 0.15) is 52.9 Å². The molecule has 0 nitrogen and oxygen atoms in total. The summed E-state index contributed by atoms with van der Waals surface area (Å²) in [6.45, 7) is 7.63. The molecule has 74 valence electrons. The van der Waals surface area contributed by atoms with Gasteiger partial charge in [-0.2, -0.15) is 0 Å². The van der Waals surface area contributed by atoms with Gasteiger partial charge in [-0.15, -0.1) is 0 Å². The smallest absolute Gasteiger partial charge is 0.0290 e. The van der Waals surface area contributed by atoms with Crippen molar-refractivity contribution in [2.75, 3.05) is 0 Å². The molecule has 0 aromatic carbocycles. The van der Waals surface area contributed by atoms with E-state index in [1.54, 1.807) is 25.7 Å². The predicted molar refractivity (Wildman–Crippen MR) is 55.4 cm³/mol. The molecule has 13 heavy (non-hydrogen) atoms. The zero-order valence-electron chi connectivity index (χ0n) is 9.27. The van der Waals surface area contributed by atoms with E-state index in [-0.39, 0.29) is 0 Å². The molecule has 4 saturated carbocycles. The molecule has 5 atom stereocenters. The molecule has 4 unspecified atom stereocenters. The fourth-order valence-corrected chi connectivity index (χ4v) is 5.31. The minimum Gasteiger partial charge on any atom is -0.0617 e. The van der Waals surface area contributed by atoms with Crippen LogP contribution in [0.4, 0.5) is 0 Å². The van der Waals surface area contributed by atoms with Crippen molar-refractivity contribution in [3.63, 3.8) is 0 Å². The Kier molecular flexibility index (Phi) is 1.37. The normalized spacial score (nSPS) is 64.4. The van der Waals surface area contributed by atoms with E-state index < -0.39 is 0 Å². The maximum atomic E-state index is 2.56. The van der Waals surface area contributed by atoms with E-state index in [4.69, 9.17) is 0 Å². The Labute approximate surface area is 82.1 Å². The SMILES string of the molecule is C[C@H]1C2CC3CC(C)(C2)CC1(C)C3. The second-order valence-corrected chi connectivity index (χ2v) is 6.90. The summed E-state index contributed by atoms with van der Waals surface area (Å²) in [5, 5.41) is 0. The molecule has 0 aromatic heterocycles. The molecule has 0 aliphatic heterocycles. The van der Waals surface area contributed by atoms with E-state index in [0.29, 0.717) is 0 Å². The number of hydrogen-bond donors (Lipinski definition) is 0. The summed E-state index contributed by atoms with van der Waals surface area (Å²) in [5.74, 6) is 3.19. The second kappa shape index (κ2) is 2.15. The minimum absolute atomic E-state index is 0.721. The Morgan fingerprint density at radius 3 is 2.46 bits per heavy atom. The molecule has 0 N–H and O–H groups in total. The monoisotopic (exact) mass is 178 g/mol. The lowest BCUT2D eigenvalue weighted by atomic mass is 9.42. The number of hydrogen-bond acceptors (Lipinski definition) is 0. The average Bonchev–Trinajstić information content (AvgIpc) is 1.96. The molecule has 0 heterocycles. The maximum absolute atomic E-state index is 2.56. The Balaban J connectivity index is 2.01. The van der Waals surface area contributed by atoms with Crippen molar-refractivity contribution >= 4 is 0 Å². The molecule has 0 amide bonds. The van der Waals surface area contributed by atoms with Gasteiger partial charge in [0.15, 0.2) is 0 Å². The van der Waals surface area contributed by atoms with Crippen LogP contribution in [0.15, 0.2) is 0 Å². The van der Waals surface area contributed by atoms with Crippen LogP contribution in [0, 0.1) is 28.6 Å². The predicted octanol–water partition coefficient (Wildman–Crippen LogP) is 3.86. The fourth-order valence-electron chi connectivity index (χ4n) is 5.31. The molecule has 0 spiro atoms. The van der Waals surface area contributed by atoms with E-state index in [0.717, 1.165) is 28.6 Å². The second-order valence-electron chi connectivity index (χ2n) is 6.90. The van der Waals surface area contributed by atoms with Crippen LogP contribution in [0.5, 0.6) is 0 Å². The highest BCUT2D eigenvalue weighted by Crippen LogP contribution is 2.67. The Hall–Kier alpha value is 0. The Bertz CT molecular complexity index is 244. The lowest BCUT2D eigenvalue weighted by Gasteiger charge is -2.63. The quantitative estimate of drug-likeness (QED) is 0.528. The molecule has 4 fully saturated rings. The van der Waals surface area contributed by atoms with E-state index in [9.17, 15) is 0 Å². The van der Waals surface area contributed by atoms with Crippen LogP contribution in [0.2, 0.25) is 0 Å². The standard InChI is InChI=1S/C13H22/c1-9-11-4-10-5-12(2,7-11)8-13(9,3)6-10/h9-11H,4-8H2,1-3H3/t9-,10?,11?,12?,13?/m0/s1. The van der Waals surface area contributed by atoms with Crippen molar-refractivity contribution in [1.82, 2.24) is 0 Å². The van der Waals surface area contributed by atoms with Crippen molar-refractivity contribution in [3.05, 3.63) is 0 Å². The van der Waals surface area contributed by atoms with Crippen molar-refractivity contribution in [2.45, 2.75) is 52.9 Å². The fraction of sp³-hybridized carbons (Fsp3) is 1.00. The van der Waals surface area contributed by atoms with Crippen LogP contribution in [-0.4, -0.2) is 0 Å². The first kappa shape index (κ1) is 8.32. The van der Waals surface area contributed by atoms with Crippen LogP contribution in [-0.2, 0) is 0 Å². The third-order valence-corrected chi connectivity index (χ3v) is 5.56. The van der Waals surface area contributed by atoms with Gasteiger partial charge < -0.3 is 0 Å². The van der Waals surface area contributed by atoms with Crippen molar-refractivity contribution in [2.24, 2.45) is 28.6 Å². The highest BCUT2D eigenvalue weighted by atomic mass is 14.6. The molecule has 4 aliphatic rings. The van der Waals surface area contributed by atoms with Crippen LogP contribution in [0.25, 0.3) is 0 Å². The third-order valence-electron chi connectivity index (χ3n) is 5.56. The summed E-state index contributed by atoms with van der Waals surface area (Å²) >= 11 is 0. The summed E-state index contributed by atoms with van der Waals surface area (Å²) in [5.41, 5.74) is 1.46. The molecule has 0 heteroatoms. The highest BCUT2D eigenvalue weighted by molar-refractivity contribution is 5.07. The van der Waals surface area contributed by atoms with E-state index >= 15 is 0 Å². The first-order chi connectivity index (χ1) is 6.01. The van der Waals surface area contributed by atoms with Crippen LogP contribution in [0.3, 0.4) is 0 Å². The van der Waals surface area contributed by atoms with Gasteiger partial charge in [0.2, 0.25) is 0 Å². The molecule has 0 radical (unpaired) electrons. The maximum Gasteiger partial charge on any atom is -0.0290 e. The summed E-state index contributed by atoms with van der Waals surface area (Å²) in [7, 11) is 0. The first-order valence-corrected chi connectivity index (χ1v) is 6.01. The van der Waals surface area contributed by atoms with Crippen LogP contribution >= 0.6 is 0 Å². The van der Waals surface area contributed by atoms with Crippen molar-refractivity contribution in [3.8, 4) is 0 Å². The topological polar surface area (TPSA) is 0 Å². The number of rotatable bonds is 0. The average molecular weight is 178 g/mol. The van der Waals surface area contributed by atoms with E-state index in [1.807, 2.05) is 0 Å². The minimum atomic E-state index is 0.721. The summed E-state index contributed by atoms with van der Waals surface area (Å²) in [4.78, 5) is 0. The Morgan fingerprint density at radius 1 is 1.08 bits per heavy atom. The molecule has 0 saturated heterocycles. The van der Waals surface area contributed by atoms with Gasteiger partial charge in [-0.05, 0) is 60.7 Å². The van der Waals surface area contributed by atoms with Gasteiger partial charge in [0.1, 0.15) is 0 Å². The molecule has 4 aliphatic carbocycles. The molecular formula is C13H22. The van der Waals surface area contributed by atoms with Gasteiger partial charge in [-0.1, -0.05) is 20.8 Å².